The minimum Gasteiger partial charge on any atom is -0.497 e. The van der Waals surface area contributed by atoms with Gasteiger partial charge in [-0.3, -0.25) is 4.79 Å². The summed E-state index contributed by atoms with van der Waals surface area (Å²) >= 11 is 0. The molecule has 0 saturated carbocycles. The molecular weight excluding hydrogens is 240 g/mol. The molecule has 19 heavy (non-hydrogen) atoms. The van der Waals surface area contributed by atoms with Gasteiger partial charge in [0.1, 0.15) is 5.75 Å². The summed E-state index contributed by atoms with van der Waals surface area (Å²) in [5, 5.41) is 3.35. The predicted octanol–water partition coefficient (Wildman–Crippen LogP) is 1.45. The third-order valence-electron chi connectivity index (χ3n) is 3.51. The summed E-state index contributed by atoms with van der Waals surface area (Å²) in [6.07, 6.45) is 1.38. The molecule has 0 aliphatic carbocycles. The van der Waals surface area contributed by atoms with Crippen LogP contribution in [0.25, 0.3) is 0 Å². The summed E-state index contributed by atoms with van der Waals surface area (Å²) in [6, 6.07) is 8.32. The van der Waals surface area contributed by atoms with E-state index >= 15 is 0 Å². The fraction of sp³-hybridized carbons (Fsp3) is 0.533. The van der Waals surface area contributed by atoms with E-state index in [0.29, 0.717) is 12.5 Å². The zero-order valence-corrected chi connectivity index (χ0v) is 11.7. The minimum atomic E-state index is 0.254. The number of methoxy groups -OCH3 is 1. The number of ether oxygens (including phenoxy) is 1. The number of rotatable bonds is 4. The lowest BCUT2D eigenvalue weighted by molar-refractivity contribution is -0.132. The maximum absolute atomic E-state index is 12.1. The van der Waals surface area contributed by atoms with Crippen molar-refractivity contribution in [2.45, 2.75) is 25.8 Å². The zero-order chi connectivity index (χ0) is 13.7. The molecule has 0 unspecified atom stereocenters. The van der Waals surface area contributed by atoms with Gasteiger partial charge in [-0.2, -0.15) is 0 Å². The van der Waals surface area contributed by atoms with Gasteiger partial charge in [0.15, 0.2) is 0 Å². The molecule has 1 amide bonds. The molecule has 1 aromatic rings. The van der Waals surface area contributed by atoms with Gasteiger partial charge in [-0.15, -0.1) is 0 Å². The summed E-state index contributed by atoms with van der Waals surface area (Å²) in [5.74, 6) is 1.11. The number of carbonyl (C=O) groups excluding carboxylic acids is 1. The van der Waals surface area contributed by atoms with Crippen molar-refractivity contribution < 1.29 is 9.53 Å². The van der Waals surface area contributed by atoms with Gasteiger partial charge in [0.25, 0.3) is 0 Å². The van der Waals surface area contributed by atoms with Crippen LogP contribution in [-0.4, -0.2) is 43.6 Å². The first-order chi connectivity index (χ1) is 9.19. The van der Waals surface area contributed by atoms with E-state index in [-0.39, 0.29) is 5.91 Å². The molecule has 1 aliphatic rings. The molecule has 4 heteroatoms. The van der Waals surface area contributed by atoms with Gasteiger partial charge in [-0.25, -0.2) is 0 Å². The van der Waals surface area contributed by atoms with Gasteiger partial charge >= 0.3 is 0 Å². The second-order valence-electron chi connectivity index (χ2n) is 5.04. The first-order valence-corrected chi connectivity index (χ1v) is 6.83. The van der Waals surface area contributed by atoms with Gasteiger partial charge in [-0.05, 0) is 31.0 Å². The van der Waals surface area contributed by atoms with Crippen LogP contribution in [0.15, 0.2) is 24.3 Å². The Balaban J connectivity index is 1.82. The molecule has 1 atom stereocenters. The van der Waals surface area contributed by atoms with Crippen LogP contribution in [0.5, 0.6) is 5.75 Å². The molecule has 1 N–H and O–H groups in total. The third-order valence-corrected chi connectivity index (χ3v) is 3.51. The number of nitrogens with zero attached hydrogens (tertiary/aromatic N) is 1. The normalized spacial score (nSPS) is 19.3. The standard InChI is InChI=1S/C15H22N2O2/c1-12-11-17(10-9-16-12)15(18)8-5-13-3-6-14(19-2)7-4-13/h3-4,6-7,12,16H,5,8-11H2,1-2H3/t12-/m0/s1. The van der Waals surface area contributed by atoms with Crippen LogP contribution in [0.4, 0.5) is 0 Å². The van der Waals surface area contributed by atoms with E-state index in [0.717, 1.165) is 31.8 Å². The number of aryl methyl sites for hydroxylation is 1. The zero-order valence-electron chi connectivity index (χ0n) is 11.7. The van der Waals surface area contributed by atoms with Crippen LogP contribution in [0, 0.1) is 0 Å². The summed E-state index contributed by atoms with van der Waals surface area (Å²) in [7, 11) is 1.66. The second-order valence-corrected chi connectivity index (χ2v) is 5.04. The summed E-state index contributed by atoms with van der Waals surface area (Å²) < 4.78 is 5.12. The van der Waals surface area contributed by atoms with Gasteiger partial charge in [0, 0.05) is 32.1 Å². The Bertz CT molecular complexity index is 417. The van der Waals surface area contributed by atoms with E-state index in [4.69, 9.17) is 4.74 Å². The van der Waals surface area contributed by atoms with Crippen molar-refractivity contribution in [3.63, 3.8) is 0 Å². The highest BCUT2D eigenvalue weighted by Crippen LogP contribution is 2.13. The highest BCUT2D eigenvalue weighted by molar-refractivity contribution is 5.76. The van der Waals surface area contributed by atoms with Crippen LogP contribution in [0.1, 0.15) is 18.9 Å². The topological polar surface area (TPSA) is 41.6 Å². The monoisotopic (exact) mass is 262 g/mol. The van der Waals surface area contributed by atoms with Gasteiger partial charge < -0.3 is 15.0 Å². The number of nitrogens with one attached hydrogen (secondary N) is 1. The number of hydrogen-bond donors (Lipinski definition) is 1. The highest BCUT2D eigenvalue weighted by Gasteiger charge is 2.19. The Morgan fingerprint density at radius 1 is 1.42 bits per heavy atom. The number of carbonyl (C=O) groups is 1. The molecule has 1 aliphatic heterocycles. The largest absolute Gasteiger partial charge is 0.497 e. The summed E-state index contributed by atoms with van der Waals surface area (Å²) in [4.78, 5) is 14.1. The van der Waals surface area contributed by atoms with Crippen LogP contribution < -0.4 is 10.1 Å². The Kier molecular flexibility index (Phi) is 4.80. The quantitative estimate of drug-likeness (QED) is 0.893. The Morgan fingerprint density at radius 2 is 2.16 bits per heavy atom. The lowest BCUT2D eigenvalue weighted by Gasteiger charge is -2.32. The van der Waals surface area contributed by atoms with E-state index in [1.165, 1.54) is 5.56 Å². The first kappa shape index (κ1) is 13.9. The summed E-state index contributed by atoms with van der Waals surface area (Å²) in [5.41, 5.74) is 1.18. The average Bonchev–Trinajstić information content (AvgIpc) is 2.45. The van der Waals surface area contributed by atoms with E-state index in [9.17, 15) is 4.79 Å². The average molecular weight is 262 g/mol. The van der Waals surface area contributed by atoms with Gasteiger partial charge in [-0.1, -0.05) is 12.1 Å². The van der Waals surface area contributed by atoms with E-state index < -0.39 is 0 Å². The lowest BCUT2D eigenvalue weighted by Crippen LogP contribution is -2.51. The highest BCUT2D eigenvalue weighted by atomic mass is 16.5. The Hall–Kier alpha value is -1.55. The van der Waals surface area contributed by atoms with E-state index in [1.54, 1.807) is 7.11 Å². The van der Waals surface area contributed by atoms with Crippen LogP contribution in [0.2, 0.25) is 0 Å². The molecule has 2 rings (SSSR count). The molecular formula is C15H22N2O2. The maximum atomic E-state index is 12.1. The minimum absolute atomic E-state index is 0.254. The smallest absolute Gasteiger partial charge is 0.222 e. The molecule has 0 bridgehead atoms. The molecule has 1 heterocycles. The first-order valence-electron chi connectivity index (χ1n) is 6.83. The van der Waals surface area contributed by atoms with Gasteiger partial charge in [0.2, 0.25) is 5.91 Å². The van der Waals surface area contributed by atoms with Crippen LogP contribution >= 0.6 is 0 Å². The molecule has 1 fully saturated rings. The number of benzene rings is 1. The van der Waals surface area contributed by atoms with Crippen molar-refractivity contribution in [2.75, 3.05) is 26.7 Å². The fourth-order valence-electron chi connectivity index (χ4n) is 2.36. The molecule has 104 valence electrons. The lowest BCUT2D eigenvalue weighted by atomic mass is 10.1. The van der Waals surface area contributed by atoms with Crippen molar-refractivity contribution in [1.29, 1.82) is 0 Å². The second kappa shape index (κ2) is 6.57. The molecule has 4 nitrogen and oxygen atoms in total. The summed E-state index contributed by atoms with van der Waals surface area (Å²) in [6.45, 7) is 4.66. The van der Waals surface area contributed by atoms with Crippen molar-refractivity contribution in [3.05, 3.63) is 29.8 Å². The Labute approximate surface area is 114 Å². The molecule has 0 aromatic heterocycles. The molecule has 0 radical (unpaired) electrons. The van der Waals surface area contributed by atoms with Crippen LogP contribution in [0.3, 0.4) is 0 Å². The van der Waals surface area contributed by atoms with Crippen molar-refractivity contribution in [2.24, 2.45) is 0 Å². The van der Waals surface area contributed by atoms with Gasteiger partial charge in [0.05, 0.1) is 7.11 Å². The Morgan fingerprint density at radius 3 is 2.79 bits per heavy atom. The molecule has 1 aromatic carbocycles. The fourth-order valence-corrected chi connectivity index (χ4v) is 2.36. The number of hydrogen-bond acceptors (Lipinski definition) is 3. The maximum Gasteiger partial charge on any atom is 0.222 e. The van der Waals surface area contributed by atoms with Crippen molar-refractivity contribution in [1.82, 2.24) is 10.2 Å². The number of amides is 1. The molecule has 0 spiro atoms. The molecule has 1 saturated heterocycles. The van der Waals surface area contributed by atoms with Crippen LogP contribution in [-0.2, 0) is 11.2 Å². The van der Waals surface area contributed by atoms with E-state index in [1.807, 2.05) is 29.2 Å². The van der Waals surface area contributed by atoms with Crippen molar-refractivity contribution in [3.8, 4) is 5.75 Å². The third kappa shape index (κ3) is 3.96. The van der Waals surface area contributed by atoms with Crippen molar-refractivity contribution >= 4 is 5.91 Å². The SMILES string of the molecule is COc1ccc(CCC(=O)N2CCN[C@@H](C)C2)cc1. The van der Waals surface area contributed by atoms with E-state index in [2.05, 4.69) is 12.2 Å². The predicted molar refractivity (Wildman–Crippen MR) is 75.4 cm³/mol. The number of piperazine rings is 1.